The van der Waals surface area contributed by atoms with Crippen LogP contribution in [0.25, 0.3) is 0 Å². The van der Waals surface area contributed by atoms with Crippen LogP contribution in [-0.2, 0) is 14.8 Å². The normalized spacial score (nSPS) is 28.8. The molecule has 3 rings (SSSR count). The Labute approximate surface area is 167 Å². The lowest BCUT2D eigenvalue weighted by Gasteiger charge is -2.40. The Morgan fingerprint density at radius 1 is 1.18 bits per heavy atom. The van der Waals surface area contributed by atoms with Gasteiger partial charge in [0.1, 0.15) is 0 Å². The number of hydrogen-bond donors (Lipinski definition) is 2. The predicted octanol–water partition coefficient (Wildman–Crippen LogP) is 2.79. The number of benzene rings is 1. The van der Waals surface area contributed by atoms with Crippen LogP contribution in [0, 0.1) is 0 Å². The van der Waals surface area contributed by atoms with Crippen LogP contribution in [0.2, 0.25) is 0 Å². The fraction of sp³-hybridized carbons (Fsp3) is 0.650. The molecule has 0 spiro atoms. The van der Waals surface area contributed by atoms with E-state index < -0.39 is 28.2 Å². The van der Waals surface area contributed by atoms with Crippen molar-refractivity contribution >= 4 is 16.1 Å². The minimum atomic E-state index is -3.41. The zero-order valence-electron chi connectivity index (χ0n) is 16.3. The molecule has 1 unspecified atom stereocenters. The topological polar surface area (TPSA) is 95.9 Å². The minimum Gasteiger partial charge on any atom is -0.465 e. The number of nitrogens with one attached hydrogen (secondary N) is 1. The molecule has 2 N–H and O–H groups in total. The Balaban J connectivity index is 1.57. The molecule has 28 heavy (non-hydrogen) atoms. The summed E-state index contributed by atoms with van der Waals surface area (Å²) >= 11 is 0. The smallest absolute Gasteiger partial charge is 0.407 e. The van der Waals surface area contributed by atoms with Gasteiger partial charge in [-0.2, -0.15) is 0 Å². The fourth-order valence-electron chi connectivity index (χ4n) is 4.44. The number of carboxylic acid groups (broad SMARTS) is 1. The number of carbonyl (C=O) groups is 1. The van der Waals surface area contributed by atoms with Crippen molar-refractivity contribution in [3.63, 3.8) is 0 Å². The Hall–Kier alpha value is -1.64. The van der Waals surface area contributed by atoms with Gasteiger partial charge in [0.2, 0.25) is 10.0 Å². The van der Waals surface area contributed by atoms with E-state index in [1.165, 1.54) is 10.5 Å². The van der Waals surface area contributed by atoms with Crippen LogP contribution in [-0.4, -0.2) is 62.1 Å². The van der Waals surface area contributed by atoms with Crippen LogP contribution in [0.3, 0.4) is 0 Å². The van der Waals surface area contributed by atoms with Crippen molar-refractivity contribution in [3.05, 3.63) is 35.9 Å². The molecule has 1 aliphatic heterocycles. The average Bonchev–Trinajstić information content (AvgIpc) is 2.66. The molecular formula is C20H30N2O5S. The van der Waals surface area contributed by atoms with Crippen molar-refractivity contribution in [1.82, 2.24) is 9.62 Å². The molecule has 156 valence electrons. The van der Waals surface area contributed by atoms with Crippen molar-refractivity contribution < 1.29 is 23.1 Å². The first-order chi connectivity index (χ1) is 13.3. The van der Waals surface area contributed by atoms with E-state index in [0.29, 0.717) is 25.3 Å². The monoisotopic (exact) mass is 410 g/mol. The molecule has 1 saturated carbocycles. The molecular weight excluding hydrogens is 380 g/mol. The van der Waals surface area contributed by atoms with Gasteiger partial charge >= 0.3 is 6.09 Å². The number of likely N-dealkylation sites (tertiary alicyclic amines) is 1. The lowest BCUT2D eigenvalue weighted by Crippen LogP contribution is -2.58. The van der Waals surface area contributed by atoms with Crippen LogP contribution < -0.4 is 4.72 Å². The Bertz CT molecular complexity index is 747. The lowest BCUT2D eigenvalue weighted by atomic mass is 9.83. The van der Waals surface area contributed by atoms with Crippen LogP contribution in [0.1, 0.15) is 50.0 Å². The van der Waals surface area contributed by atoms with E-state index in [0.717, 1.165) is 31.9 Å². The van der Waals surface area contributed by atoms with Crippen LogP contribution in [0.4, 0.5) is 4.79 Å². The zero-order chi connectivity index (χ0) is 20.1. The van der Waals surface area contributed by atoms with Gasteiger partial charge in [-0.1, -0.05) is 30.3 Å². The van der Waals surface area contributed by atoms with Gasteiger partial charge < -0.3 is 14.7 Å². The average molecular weight is 411 g/mol. The summed E-state index contributed by atoms with van der Waals surface area (Å²) in [6.45, 7) is 0.631. The summed E-state index contributed by atoms with van der Waals surface area (Å²) in [6, 6.07) is 9.55. The van der Waals surface area contributed by atoms with Gasteiger partial charge in [0.05, 0.1) is 25.0 Å². The van der Waals surface area contributed by atoms with E-state index >= 15 is 0 Å². The molecule has 2 aliphatic rings. The fourth-order valence-corrected chi connectivity index (χ4v) is 5.26. The first-order valence-corrected chi connectivity index (χ1v) is 11.9. The summed E-state index contributed by atoms with van der Waals surface area (Å²) in [5.74, 6) is 0.547. The summed E-state index contributed by atoms with van der Waals surface area (Å²) in [5.41, 5.74) is 1.36. The Kier molecular flexibility index (Phi) is 6.95. The third-order valence-electron chi connectivity index (χ3n) is 5.84. The third kappa shape index (κ3) is 5.68. The van der Waals surface area contributed by atoms with E-state index in [-0.39, 0.29) is 12.7 Å². The molecule has 1 aromatic rings. The molecule has 8 heteroatoms. The molecule has 1 aliphatic carbocycles. The van der Waals surface area contributed by atoms with Crippen LogP contribution in [0.15, 0.2) is 30.3 Å². The molecule has 2 atom stereocenters. The summed E-state index contributed by atoms with van der Waals surface area (Å²) < 4.78 is 32.0. The summed E-state index contributed by atoms with van der Waals surface area (Å²) in [5, 5.41) is 9.52. The SMILES string of the molecule is CS(=O)(=O)NC1CCCN(C(=O)O)[C@@H]1COC1CCC(c2ccccc2)CC1. The highest BCUT2D eigenvalue weighted by atomic mass is 32.2. The van der Waals surface area contributed by atoms with Gasteiger partial charge in [-0.25, -0.2) is 17.9 Å². The molecule has 1 aromatic carbocycles. The Morgan fingerprint density at radius 2 is 1.86 bits per heavy atom. The molecule has 1 saturated heterocycles. The molecule has 7 nitrogen and oxygen atoms in total. The standard InChI is InChI=1S/C20H30N2O5S/c1-28(25,26)21-18-8-5-13-22(20(23)24)19(18)14-27-17-11-9-16(10-12-17)15-6-3-2-4-7-15/h2-4,6-7,16-19,21H,5,8-14H2,1H3,(H,23,24)/t16?,17?,18?,19-/m1/s1. The highest BCUT2D eigenvalue weighted by molar-refractivity contribution is 7.88. The highest BCUT2D eigenvalue weighted by Crippen LogP contribution is 2.34. The maximum atomic E-state index is 11.7. The maximum Gasteiger partial charge on any atom is 0.407 e. The first-order valence-electron chi connectivity index (χ1n) is 9.97. The van der Waals surface area contributed by atoms with Gasteiger partial charge in [-0.05, 0) is 50.0 Å². The molecule has 0 radical (unpaired) electrons. The highest BCUT2D eigenvalue weighted by Gasteiger charge is 2.36. The summed E-state index contributed by atoms with van der Waals surface area (Å²) in [4.78, 5) is 12.9. The summed E-state index contributed by atoms with van der Waals surface area (Å²) in [7, 11) is -3.41. The van der Waals surface area contributed by atoms with Crippen molar-refractivity contribution in [2.24, 2.45) is 0 Å². The third-order valence-corrected chi connectivity index (χ3v) is 6.57. The lowest BCUT2D eigenvalue weighted by molar-refractivity contribution is -0.0226. The Morgan fingerprint density at radius 3 is 2.46 bits per heavy atom. The van der Waals surface area contributed by atoms with E-state index in [1.807, 2.05) is 6.07 Å². The molecule has 1 heterocycles. The van der Waals surface area contributed by atoms with Crippen molar-refractivity contribution in [2.75, 3.05) is 19.4 Å². The van der Waals surface area contributed by atoms with Crippen LogP contribution >= 0.6 is 0 Å². The van der Waals surface area contributed by atoms with Crippen molar-refractivity contribution in [2.45, 2.75) is 62.6 Å². The van der Waals surface area contributed by atoms with E-state index in [4.69, 9.17) is 4.74 Å². The van der Waals surface area contributed by atoms with Gasteiger partial charge in [-0.15, -0.1) is 0 Å². The number of piperidine rings is 1. The summed E-state index contributed by atoms with van der Waals surface area (Å²) in [6.07, 6.45) is 5.39. The largest absolute Gasteiger partial charge is 0.465 e. The second kappa shape index (κ2) is 9.24. The number of hydrogen-bond acceptors (Lipinski definition) is 4. The molecule has 2 fully saturated rings. The quantitative estimate of drug-likeness (QED) is 0.752. The van der Waals surface area contributed by atoms with Crippen LogP contribution in [0.5, 0.6) is 0 Å². The van der Waals surface area contributed by atoms with Gasteiger partial charge in [-0.3, -0.25) is 0 Å². The van der Waals surface area contributed by atoms with Crippen molar-refractivity contribution in [3.8, 4) is 0 Å². The number of amides is 1. The van der Waals surface area contributed by atoms with E-state index in [1.54, 1.807) is 0 Å². The van der Waals surface area contributed by atoms with E-state index in [2.05, 4.69) is 29.0 Å². The second-order valence-corrected chi connectivity index (χ2v) is 9.68. The molecule has 0 bridgehead atoms. The van der Waals surface area contributed by atoms with Gasteiger partial charge in [0.25, 0.3) is 0 Å². The van der Waals surface area contributed by atoms with Gasteiger partial charge in [0, 0.05) is 12.6 Å². The zero-order valence-corrected chi connectivity index (χ0v) is 17.1. The second-order valence-electron chi connectivity index (χ2n) is 7.90. The first kappa shape index (κ1) is 21.1. The maximum absolute atomic E-state index is 11.7. The predicted molar refractivity (Wildman–Crippen MR) is 107 cm³/mol. The number of ether oxygens (including phenoxy) is 1. The number of rotatable bonds is 6. The minimum absolute atomic E-state index is 0.0939. The number of sulfonamides is 1. The molecule has 1 amide bonds. The van der Waals surface area contributed by atoms with Crippen molar-refractivity contribution in [1.29, 1.82) is 0 Å². The number of nitrogens with zero attached hydrogens (tertiary/aromatic N) is 1. The van der Waals surface area contributed by atoms with Gasteiger partial charge in [0.15, 0.2) is 0 Å². The molecule has 0 aromatic heterocycles. The van der Waals surface area contributed by atoms with E-state index in [9.17, 15) is 18.3 Å².